The predicted molar refractivity (Wildman–Crippen MR) is 48.5 cm³/mol. The molecule has 0 aromatic rings. The standard InChI is InChI=1S/C9H17NO3/c1-12-6-3-7-13-9(11)8-4-2-5-10-8/h8,10H,2-7H2,1H3/t8-/m1/s1. The summed E-state index contributed by atoms with van der Waals surface area (Å²) >= 11 is 0. The highest BCUT2D eigenvalue weighted by atomic mass is 16.5. The number of carbonyl (C=O) groups excluding carboxylic acids is 1. The van der Waals surface area contributed by atoms with Crippen LogP contribution in [0, 0.1) is 0 Å². The first-order valence-corrected chi connectivity index (χ1v) is 4.73. The number of rotatable bonds is 5. The first-order chi connectivity index (χ1) is 6.34. The first-order valence-electron chi connectivity index (χ1n) is 4.73. The smallest absolute Gasteiger partial charge is 0.323 e. The van der Waals surface area contributed by atoms with Crippen molar-refractivity contribution in [2.24, 2.45) is 0 Å². The largest absolute Gasteiger partial charge is 0.464 e. The lowest BCUT2D eigenvalue weighted by atomic mass is 10.2. The molecule has 0 aromatic heterocycles. The van der Waals surface area contributed by atoms with Crippen molar-refractivity contribution in [2.45, 2.75) is 25.3 Å². The van der Waals surface area contributed by atoms with Crippen LogP contribution < -0.4 is 5.32 Å². The minimum atomic E-state index is -0.117. The molecule has 0 unspecified atom stereocenters. The molecular formula is C9H17NO3. The van der Waals surface area contributed by atoms with Gasteiger partial charge in [-0.2, -0.15) is 0 Å². The van der Waals surface area contributed by atoms with Crippen LogP contribution in [-0.2, 0) is 14.3 Å². The molecule has 0 bridgehead atoms. The normalized spacial score (nSPS) is 21.8. The van der Waals surface area contributed by atoms with E-state index in [4.69, 9.17) is 9.47 Å². The van der Waals surface area contributed by atoms with Gasteiger partial charge in [0.1, 0.15) is 6.04 Å². The zero-order valence-corrected chi connectivity index (χ0v) is 8.04. The van der Waals surface area contributed by atoms with Gasteiger partial charge in [0.15, 0.2) is 0 Å². The fourth-order valence-corrected chi connectivity index (χ4v) is 1.36. The molecule has 0 saturated carbocycles. The van der Waals surface area contributed by atoms with Gasteiger partial charge in [0, 0.05) is 20.1 Å². The summed E-state index contributed by atoms with van der Waals surface area (Å²) in [4.78, 5) is 11.3. The maximum atomic E-state index is 11.3. The molecule has 0 radical (unpaired) electrons. The third-order valence-corrected chi connectivity index (χ3v) is 2.08. The van der Waals surface area contributed by atoms with E-state index >= 15 is 0 Å². The zero-order chi connectivity index (χ0) is 9.52. The fraction of sp³-hybridized carbons (Fsp3) is 0.889. The Labute approximate surface area is 78.6 Å². The molecular weight excluding hydrogens is 170 g/mol. The Bertz CT molecular complexity index is 155. The molecule has 13 heavy (non-hydrogen) atoms. The van der Waals surface area contributed by atoms with Crippen molar-refractivity contribution in [2.75, 3.05) is 26.9 Å². The van der Waals surface area contributed by atoms with Crippen molar-refractivity contribution in [1.82, 2.24) is 5.32 Å². The quantitative estimate of drug-likeness (QED) is 0.497. The molecule has 76 valence electrons. The van der Waals surface area contributed by atoms with E-state index in [1.54, 1.807) is 7.11 Å². The molecule has 1 saturated heterocycles. The first kappa shape index (κ1) is 10.5. The molecule has 0 aliphatic carbocycles. The van der Waals surface area contributed by atoms with Gasteiger partial charge < -0.3 is 14.8 Å². The van der Waals surface area contributed by atoms with Crippen LogP contribution in [0.5, 0.6) is 0 Å². The Morgan fingerprint density at radius 3 is 3.00 bits per heavy atom. The second kappa shape index (κ2) is 5.94. The molecule has 0 aromatic carbocycles. The summed E-state index contributed by atoms with van der Waals surface area (Å²) in [5.74, 6) is -0.117. The molecule has 0 spiro atoms. The summed E-state index contributed by atoms with van der Waals surface area (Å²) < 4.78 is 9.89. The molecule has 1 aliphatic rings. The molecule has 1 aliphatic heterocycles. The number of hydrogen-bond acceptors (Lipinski definition) is 4. The Hall–Kier alpha value is -0.610. The second-order valence-corrected chi connectivity index (χ2v) is 3.16. The molecule has 1 atom stereocenters. The molecule has 1 N–H and O–H groups in total. The highest BCUT2D eigenvalue weighted by Crippen LogP contribution is 2.06. The lowest BCUT2D eigenvalue weighted by Crippen LogP contribution is -2.32. The molecule has 4 nitrogen and oxygen atoms in total. The van der Waals surface area contributed by atoms with E-state index in [2.05, 4.69) is 5.32 Å². The van der Waals surface area contributed by atoms with Gasteiger partial charge in [0.2, 0.25) is 0 Å². The average molecular weight is 187 g/mol. The third kappa shape index (κ3) is 3.74. The van der Waals surface area contributed by atoms with Crippen molar-refractivity contribution in [3.8, 4) is 0 Å². The van der Waals surface area contributed by atoms with E-state index in [0.29, 0.717) is 13.2 Å². The predicted octanol–water partition coefficient (Wildman–Crippen LogP) is 0.318. The molecule has 0 amide bonds. The van der Waals surface area contributed by atoms with Crippen molar-refractivity contribution >= 4 is 5.97 Å². The van der Waals surface area contributed by atoms with E-state index in [1.165, 1.54) is 0 Å². The van der Waals surface area contributed by atoms with Crippen LogP contribution >= 0.6 is 0 Å². The number of carbonyl (C=O) groups is 1. The van der Waals surface area contributed by atoms with Gasteiger partial charge in [-0.1, -0.05) is 0 Å². The molecule has 1 heterocycles. The Kier molecular flexibility index (Phi) is 4.78. The molecule has 1 rings (SSSR count). The van der Waals surface area contributed by atoms with Gasteiger partial charge in [-0.15, -0.1) is 0 Å². The summed E-state index contributed by atoms with van der Waals surface area (Å²) in [7, 11) is 1.64. The number of esters is 1. The molecule has 1 fully saturated rings. The monoisotopic (exact) mass is 187 g/mol. The number of ether oxygens (including phenoxy) is 2. The van der Waals surface area contributed by atoms with Crippen LogP contribution in [0.4, 0.5) is 0 Å². The van der Waals surface area contributed by atoms with Crippen molar-refractivity contribution in [3.63, 3.8) is 0 Å². The van der Waals surface area contributed by atoms with E-state index < -0.39 is 0 Å². The van der Waals surface area contributed by atoms with Gasteiger partial charge in [-0.05, 0) is 19.4 Å². The molecule has 4 heteroatoms. The Morgan fingerprint density at radius 1 is 1.54 bits per heavy atom. The van der Waals surface area contributed by atoms with Gasteiger partial charge in [0.25, 0.3) is 0 Å². The van der Waals surface area contributed by atoms with Gasteiger partial charge in [-0.25, -0.2) is 0 Å². The third-order valence-electron chi connectivity index (χ3n) is 2.08. The van der Waals surface area contributed by atoms with Crippen LogP contribution in [-0.4, -0.2) is 38.9 Å². The van der Waals surface area contributed by atoms with Crippen molar-refractivity contribution < 1.29 is 14.3 Å². The Morgan fingerprint density at radius 2 is 2.38 bits per heavy atom. The number of methoxy groups -OCH3 is 1. The van der Waals surface area contributed by atoms with Crippen LogP contribution in [0.2, 0.25) is 0 Å². The van der Waals surface area contributed by atoms with Gasteiger partial charge >= 0.3 is 5.97 Å². The fourth-order valence-electron chi connectivity index (χ4n) is 1.36. The van der Waals surface area contributed by atoms with Crippen molar-refractivity contribution in [1.29, 1.82) is 0 Å². The van der Waals surface area contributed by atoms with Crippen LogP contribution in [0.3, 0.4) is 0 Å². The highest BCUT2D eigenvalue weighted by molar-refractivity contribution is 5.76. The number of nitrogens with one attached hydrogen (secondary N) is 1. The minimum Gasteiger partial charge on any atom is -0.464 e. The summed E-state index contributed by atoms with van der Waals surface area (Å²) in [5.41, 5.74) is 0. The SMILES string of the molecule is COCCCOC(=O)[C@H]1CCCN1. The van der Waals surface area contributed by atoms with Gasteiger partial charge in [-0.3, -0.25) is 4.79 Å². The summed E-state index contributed by atoms with van der Waals surface area (Å²) in [6.45, 7) is 2.04. The Balaban J connectivity index is 2.03. The average Bonchev–Trinajstić information content (AvgIpc) is 2.65. The van der Waals surface area contributed by atoms with E-state index in [1.807, 2.05) is 0 Å². The minimum absolute atomic E-state index is 0.0671. The van der Waals surface area contributed by atoms with Crippen LogP contribution in [0.1, 0.15) is 19.3 Å². The van der Waals surface area contributed by atoms with Crippen molar-refractivity contribution in [3.05, 3.63) is 0 Å². The van der Waals surface area contributed by atoms with Crippen LogP contribution in [0.25, 0.3) is 0 Å². The lowest BCUT2D eigenvalue weighted by Gasteiger charge is -2.09. The summed E-state index contributed by atoms with van der Waals surface area (Å²) in [5, 5.41) is 3.09. The maximum absolute atomic E-state index is 11.3. The van der Waals surface area contributed by atoms with Gasteiger partial charge in [0.05, 0.1) is 6.61 Å². The van der Waals surface area contributed by atoms with E-state index in [-0.39, 0.29) is 12.0 Å². The zero-order valence-electron chi connectivity index (χ0n) is 8.04. The lowest BCUT2D eigenvalue weighted by molar-refractivity contribution is -0.146. The summed E-state index contributed by atoms with van der Waals surface area (Å²) in [6.07, 6.45) is 2.75. The topological polar surface area (TPSA) is 47.6 Å². The highest BCUT2D eigenvalue weighted by Gasteiger charge is 2.22. The number of hydrogen-bond donors (Lipinski definition) is 1. The maximum Gasteiger partial charge on any atom is 0.323 e. The van der Waals surface area contributed by atoms with Crippen LogP contribution in [0.15, 0.2) is 0 Å². The van der Waals surface area contributed by atoms with E-state index in [9.17, 15) is 4.79 Å². The van der Waals surface area contributed by atoms with E-state index in [0.717, 1.165) is 25.8 Å². The summed E-state index contributed by atoms with van der Waals surface area (Å²) in [6, 6.07) is -0.0671. The second-order valence-electron chi connectivity index (χ2n) is 3.16.